The molecule has 0 aliphatic carbocycles. The van der Waals surface area contributed by atoms with Crippen LogP contribution in [0.25, 0.3) is 17.0 Å². The summed E-state index contributed by atoms with van der Waals surface area (Å²) in [6.07, 6.45) is 4.49. The maximum atomic E-state index is 6.09. The van der Waals surface area contributed by atoms with Gasteiger partial charge in [0.15, 0.2) is 8.24 Å². The van der Waals surface area contributed by atoms with E-state index in [2.05, 4.69) is 87.0 Å². The van der Waals surface area contributed by atoms with Gasteiger partial charge in [-0.15, -0.1) is 0 Å². The molecule has 0 amide bonds. The first kappa shape index (κ1) is 16.1. The molecule has 1 aromatic heterocycles. The highest BCUT2D eigenvalue weighted by atomic mass is 28.4. The zero-order chi connectivity index (χ0) is 15.8. The van der Waals surface area contributed by atoms with Crippen LogP contribution in [-0.4, -0.2) is 20.8 Å². The number of hydrogen-bond acceptors (Lipinski definition) is 1. The number of rotatable bonds is 4. The van der Waals surface area contributed by atoms with Gasteiger partial charge in [0, 0.05) is 22.7 Å². The van der Waals surface area contributed by atoms with E-state index in [1.165, 1.54) is 16.5 Å². The van der Waals surface area contributed by atoms with Crippen LogP contribution in [0.4, 0.5) is 0 Å². The Kier molecular flexibility index (Phi) is 4.22. The number of allylic oxidation sites excluding steroid dienone is 1. The summed E-state index contributed by atoms with van der Waals surface area (Å²) in [5.74, 6) is 1.02. The molecule has 0 N–H and O–H groups in total. The van der Waals surface area contributed by atoms with Crippen LogP contribution in [0.15, 0.2) is 36.2 Å². The van der Waals surface area contributed by atoms with Gasteiger partial charge in [-0.25, -0.2) is 0 Å². The zero-order valence-corrected chi connectivity index (χ0v) is 16.3. The van der Waals surface area contributed by atoms with E-state index in [-0.39, 0.29) is 0 Å². The second-order valence-corrected chi connectivity index (χ2v) is 16.9. The lowest BCUT2D eigenvalue weighted by Gasteiger charge is -2.20. The van der Waals surface area contributed by atoms with Crippen LogP contribution in [0.1, 0.15) is 12.5 Å². The van der Waals surface area contributed by atoms with Gasteiger partial charge in [0.1, 0.15) is 0 Å². The Morgan fingerprint density at radius 2 is 1.67 bits per heavy atom. The second-order valence-electron chi connectivity index (χ2n) is 7.61. The van der Waals surface area contributed by atoms with E-state index >= 15 is 0 Å². The van der Waals surface area contributed by atoms with Gasteiger partial charge < -0.3 is 8.66 Å². The Bertz CT molecular complexity index is 672. The van der Waals surface area contributed by atoms with Crippen molar-refractivity contribution in [2.45, 2.75) is 46.2 Å². The first-order valence-corrected chi connectivity index (χ1v) is 14.4. The molecule has 0 aliphatic rings. The van der Waals surface area contributed by atoms with Crippen molar-refractivity contribution in [1.29, 1.82) is 0 Å². The van der Waals surface area contributed by atoms with Gasteiger partial charge in [0.25, 0.3) is 0 Å². The van der Waals surface area contributed by atoms with Gasteiger partial charge in [-0.3, -0.25) is 0 Å². The Morgan fingerprint density at radius 1 is 1.05 bits per heavy atom. The molecule has 1 aromatic carbocycles. The van der Waals surface area contributed by atoms with Crippen molar-refractivity contribution in [2.24, 2.45) is 0 Å². The standard InChI is InChI=1S/C17H27NOSi2/c1-14(19-21(5,6)7)12-15-13-18(20(2,3)4)17-11-9-8-10-16(15)17/h8-13H,1-7H3/b14-12+. The predicted octanol–water partition coefficient (Wildman–Crippen LogP) is 5.54. The molecule has 114 valence electrons. The monoisotopic (exact) mass is 317 g/mol. The summed E-state index contributed by atoms with van der Waals surface area (Å²) in [7, 11) is -2.96. The van der Waals surface area contributed by atoms with Crippen LogP contribution in [0, 0.1) is 0 Å². The number of fused-ring (bicyclic) bond motifs is 1. The van der Waals surface area contributed by atoms with Crippen molar-refractivity contribution >= 4 is 33.5 Å². The molecule has 0 aliphatic heterocycles. The minimum atomic E-state index is -1.54. The molecule has 2 nitrogen and oxygen atoms in total. The van der Waals surface area contributed by atoms with Crippen molar-refractivity contribution in [3.8, 4) is 0 Å². The fourth-order valence-electron chi connectivity index (χ4n) is 2.61. The largest absolute Gasteiger partial charge is 0.548 e. The van der Waals surface area contributed by atoms with Gasteiger partial charge in [-0.05, 0) is 38.7 Å². The molecule has 2 rings (SSSR count). The summed E-state index contributed by atoms with van der Waals surface area (Å²) in [6.45, 7) is 15.8. The molecule has 0 bridgehead atoms. The van der Waals surface area contributed by atoms with Gasteiger partial charge in [-0.1, -0.05) is 37.8 Å². The lowest BCUT2D eigenvalue weighted by atomic mass is 10.1. The lowest BCUT2D eigenvalue weighted by molar-refractivity contribution is 0.429. The average molecular weight is 318 g/mol. The summed E-state index contributed by atoms with van der Waals surface area (Å²) in [6, 6.07) is 8.67. The number of aromatic nitrogens is 1. The highest BCUT2D eigenvalue weighted by Gasteiger charge is 2.20. The van der Waals surface area contributed by atoms with Crippen LogP contribution in [0.5, 0.6) is 0 Å². The van der Waals surface area contributed by atoms with Crippen LogP contribution in [0.2, 0.25) is 39.3 Å². The Labute approximate surface area is 130 Å². The summed E-state index contributed by atoms with van der Waals surface area (Å²) >= 11 is 0. The summed E-state index contributed by atoms with van der Waals surface area (Å²) in [5.41, 5.74) is 2.60. The van der Waals surface area contributed by atoms with Gasteiger partial charge in [0.2, 0.25) is 8.32 Å². The number of hydrogen-bond donors (Lipinski definition) is 0. The van der Waals surface area contributed by atoms with Crippen molar-refractivity contribution in [3.05, 3.63) is 41.8 Å². The third-order valence-corrected chi connectivity index (χ3v) is 6.04. The average Bonchev–Trinajstić information content (AvgIpc) is 2.66. The van der Waals surface area contributed by atoms with Crippen LogP contribution >= 0.6 is 0 Å². The van der Waals surface area contributed by atoms with Crippen molar-refractivity contribution in [3.63, 3.8) is 0 Å². The van der Waals surface area contributed by atoms with E-state index in [1.54, 1.807) is 0 Å². The number of para-hydroxylation sites is 1. The Balaban J connectivity index is 2.53. The lowest BCUT2D eigenvalue weighted by Crippen LogP contribution is -2.30. The fraction of sp³-hybridized carbons (Fsp3) is 0.412. The van der Waals surface area contributed by atoms with Crippen LogP contribution < -0.4 is 0 Å². The van der Waals surface area contributed by atoms with E-state index in [9.17, 15) is 0 Å². The molecule has 21 heavy (non-hydrogen) atoms. The van der Waals surface area contributed by atoms with Crippen LogP contribution in [0.3, 0.4) is 0 Å². The molecular weight excluding hydrogens is 290 g/mol. The predicted molar refractivity (Wildman–Crippen MR) is 98.8 cm³/mol. The van der Waals surface area contributed by atoms with Gasteiger partial charge in [-0.2, -0.15) is 0 Å². The molecule has 0 saturated carbocycles. The van der Waals surface area contributed by atoms with Crippen molar-refractivity contribution < 1.29 is 4.43 Å². The summed E-state index contributed by atoms with van der Waals surface area (Å²) in [5, 5.41) is 1.32. The zero-order valence-electron chi connectivity index (χ0n) is 14.3. The van der Waals surface area contributed by atoms with Crippen LogP contribution in [-0.2, 0) is 4.43 Å². The molecule has 4 heteroatoms. The quantitative estimate of drug-likeness (QED) is 0.533. The second kappa shape index (κ2) is 5.50. The Morgan fingerprint density at radius 3 is 2.24 bits per heavy atom. The third kappa shape index (κ3) is 3.89. The van der Waals surface area contributed by atoms with Crippen molar-refractivity contribution in [1.82, 2.24) is 4.23 Å². The molecule has 0 radical (unpaired) electrons. The number of nitrogens with zero attached hydrogens (tertiary/aromatic N) is 1. The van der Waals surface area contributed by atoms with E-state index in [1.807, 2.05) is 0 Å². The topological polar surface area (TPSA) is 14.2 Å². The SMILES string of the molecule is C/C(=C\c1cn([Si](C)(C)C)c2ccccc12)O[Si](C)(C)C. The summed E-state index contributed by atoms with van der Waals surface area (Å²) in [4.78, 5) is 0. The molecule has 0 saturated heterocycles. The minimum Gasteiger partial charge on any atom is -0.548 e. The highest BCUT2D eigenvalue weighted by molar-refractivity contribution is 6.75. The van der Waals surface area contributed by atoms with E-state index in [0.29, 0.717) is 0 Å². The maximum absolute atomic E-state index is 6.09. The first-order valence-electron chi connectivity index (χ1n) is 7.56. The van der Waals surface area contributed by atoms with E-state index in [0.717, 1.165) is 5.76 Å². The van der Waals surface area contributed by atoms with E-state index < -0.39 is 16.6 Å². The normalized spacial score (nSPS) is 13.8. The molecule has 1 heterocycles. The van der Waals surface area contributed by atoms with Gasteiger partial charge in [0.05, 0.1) is 5.76 Å². The van der Waals surface area contributed by atoms with Gasteiger partial charge >= 0.3 is 0 Å². The maximum Gasteiger partial charge on any atom is 0.241 e. The fourth-order valence-corrected chi connectivity index (χ4v) is 5.08. The molecule has 0 fully saturated rings. The first-order chi connectivity index (χ1) is 9.58. The van der Waals surface area contributed by atoms with Crippen molar-refractivity contribution in [2.75, 3.05) is 0 Å². The molecule has 0 unspecified atom stereocenters. The molecule has 2 aromatic rings. The number of benzene rings is 1. The minimum absolute atomic E-state index is 1.02. The third-order valence-electron chi connectivity index (χ3n) is 3.29. The smallest absolute Gasteiger partial charge is 0.241 e. The molecule has 0 spiro atoms. The molecular formula is C17H27NOSi2. The highest BCUT2D eigenvalue weighted by Crippen LogP contribution is 2.27. The molecule has 0 atom stereocenters. The Hall–Kier alpha value is -1.27. The van der Waals surface area contributed by atoms with E-state index in [4.69, 9.17) is 4.43 Å². The summed E-state index contributed by atoms with van der Waals surface area (Å²) < 4.78 is 8.57.